The molecule has 0 rings (SSSR count). The standard InChI is InChI=1S/C11H23NO3/c1-5-11(6-2,8-13)12-7-10(14)15-9(3)4/h9,12-13H,5-8H2,1-4H3. The lowest BCUT2D eigenvalue weighted by molar-refractivity contribution is -0.146. The van der Waals surface area contributed by atoms with Crippen molar-refractivity contribution in [3.05, 3.63) is 0 Å². The lowest BCUT2D eigenvalue weighted by Gasteiger charge is -2.30. The van der Waals surface area contributed by atoms with Crippen LogP contribution < -0.4 is 5.32 Å². The molecule has 4 nitrogen and oxygen atoms in total. The van der Waals surface area contributed by atoms with Crippen LogP contribution >= 0.6 is 0 Å². The van der Waals surface area contributed by atoms with Gasteiger partial charge in [-0.05, 0) is 26.7 Å². The van der Waals surface area contributed by atoms with E-state index in [0.29, 0.717) is 0 Å². The van der Waals surface area contributed by atoms with E-state index in [0.717, 1.165) is 12.8 Å². The molecule has 0 aliphatic heterocycles. The summed E-state index contributed by atoms with van der Waals surface area (Å²) in [5, 5.41) is 12.3. The Balaban J connectivity index is 4.05. The molecule has 0 aromatic rings. The maximum Gasteiger partial charge on any atom is 0.320 e. The van der Waals surface area contributed by atoms with Crippen molar-refractivity contribution in [2.75, 3.05) is 13.2 Å². The molecule has 90 valence electrons. The van der Waals surface area contributed by atoms with Gasteiger partial charge in [-0.3, -0.25) is 10.1 Å². The average Bonchev–Trinajstić information content (AvgIpc) is 2.20. The molecule has 0 fully saturated rings. The summed E-state index contributed by atoms with van der Waals surface area (Å²) in [6.45, 7) is 7.80. The Hall–Kier alpha value is -0.610. The number of ether oxygens (including phenoxy) is 1. The van der Waals surface area contributed by atoms with Crippen LogP contribution in [-0.2, 0) is 9.53 Å². The second kappa shape index (κ2) is 6.80. The van der Waals surface area contributed by atoms with E-state index in [1.165, 1.54) is 0 Å². The summed E-state index contributed by atoms with van der Waals surface area (Å²) < 4.78 is 5.00. The van der Waals surface area contributed by atoms with Gasteiger partial charge in [-0.15, -0.1) is 0 Å². The minimum atomic E-state index is -0.351. The number of nitrogens with one attached hydrogen (secondary N) is 1. The van der Waals surface area contributed by atoms with Crippen molar-refractivity contribution in [3.8, 4) is 0 Å². The SMILES string of the molecule is CCC(CC)(CO)NCC(=O)OC(C)C. The molecule has 0 aliphatic rings. The topological polar surface area (TPSA) is 58.6 Å². The molecule has 0 radical (unpaired) electrons. The maximum atomic E-state index is 11.3. The molecule has 0 amide bonds. The Kier molecular flexibility index (Phi) is 6.52. The van der Waals surface area contributed by atoms with Gasteiger partial charge in [0.2, 0.25) is 0 Å². The number of aliphatic hydroxyl groups is 1. The summed E-state index contributed by atoms with van der Waals surface area (Å²) in [6.07, 6.45) is 1.48. The highest BCUT2D eigenvalue weighted by Gasteiger charge is 2.25. The van der Waals surface area contributed by atoms with E-state index < -0.39 is 0 Å². The second-order valence-corrected chi connectivity index (χ2v) is 4.04. The fourth-order valence-corrected chi connectivity index (χ4v) is 1.34. The minimum Gasteiger partial charge on any atom is -0.462 e. The number of hydrogen-bond acceptors (Lipinski definition) is 4. The van der Waals surface area contributed by atoms with Crippen LogP contribution in [0, 0.1) is 0 Å². The van der Waals surface area contributed by atoms with Crippen molar-refractivity contribution in [1.29, 1.82) is 0 Å². The molecule has 0 spiro atoms. The van der Waals surface area contributed by atoms with Gasteiger partial charge in [-0.1, -0.05) is 13.8 Å². The predicted molar refractivity (Wildman–Crippen MR) is 59.6 cm³/mol. The lowest BCUT2D eigenvalue weighted by atomic mass is 9.94. The van der Waals surface area contributed by atoms with E-state index in [1.54, 1.807) is 0 Å². The van der Waals surface area contributed by atoms with Crippen molar-refractivity contribution in [2.45, 2.75) is 52.2 Å². The zero-order chi connectivity index (χ0) is 11.9. The van der Waals surface area contributed by atoms with Gasteiger partial charge in [-0.2, -0.15) is 0 Å². The highest BCUT2D eigenvalue weighted by Crippen LogP contribution is 2.13. The normalized spacial score (nSPS) is 11.9. The molecule has 0 aromatic heterocycles. The fraction of sp³-hybridized carbons (Fsp3) is 0.909. The largest absolute Gasteiger partial charge is 0.462 e. The van der Waals surface area contributed by atoms with E-state index in [4.69, 9.17) is 4.74 Å². The van der Waals surface area contributed by atoms with Crippen LogP contribution in [0.5, 0.6) is 0 Å². The third kappa shape index (κ3) is 5.14. The first-order chi connectivity index (χ1) is 6.99. The summed E-state index contributed by atoms with van der Waals surface area (Å²) in [5.41, 5.74) is -0.351. The molecule has 0 atom stereocenters. The number of rotatable bonds is 7. The molecule has 0 aliphatic carbocycles. The Morgan fingerprint density at radius 1 is 1.40 bits per heavy atom. The predicted octanol–water partition coefficient (Wildman–Crippen LogP) is 1.08. The van der Waals surface area contributed by atoms with Crippen LogP contribution in [0.1, 0.15) is 40.5 Å². The molecule has 15 heavy (non-hydrogen) atoms. The molecule has 0 bridgehead atoms. The maximum absolute atomic E-state index is 11.3. The molecule has 4 heteroatoms. The summed E-state index contributed by atoms with van der Waals surface area (Å²) in [5.74, 6) is -0.273. The Morgan fingerprint density at radius 2 is 1.93 bits per heavy atom. The summed E-state index contributed by atoms with van der Waals surface area (Å²) >= 11 is 0. The van der Waals surface area contributed by atoms with Gasteiger partial charge in [0.25, 0.3) is 0 Å². The molecule has 0 unspecified atom stereocenters. The monoisotopic (exact) mass is 217 g/mol. The van der Waals surface area contributed by atoms with Crippen LogP contribution in [0.15, 0.2) is 0 Å². The number of hydrogen-bond donors (Lipinski definition) is 2. The van der Waals surface area contributed by atoms with Gasteiger partial charge in [0.05, 0.1) is 19.3 Å². The molecule has 2 N–H and O–H groups in total. The van der Waals surface area contributed by atoms with Gasteiger partial charge >= 0.3 is 5.97 Å². The van der Waals surface area contributed by atoms with Crippen molar-refractivity contribution >= 4 is 5.97 Å². The summed E-state index contributed by atoms with van der Waals surface area (Å²) in [6, 6.07) is 0. The van der Waals surface area contributed by atoms with E-state index in [-0.39, 0.29) is 30.8 Å². The van der Waals surface area contributed by atoms with Crippen molar-refractivity contribution in [1.82, 2.24) is 5.32 Å². The molecule has 0 saturated heterocycles. The zero-order valence-electron chi connectivity index (χ0n) is 10.2. The highest BCUT2D eigenvalue weighted by molar-refractivity contribution is 5.71. The average molecular weight is 217 g/mol. The first-order valence-corrected chi connectivity index (χ1v) is 5.55. The molecule has 0 saturated carbocycles. The highest BCUT2D eigenvalue weighted by atomic mass is 16.5. The van der Waals surface area contributed by atoms with Gasteiger partial charge in [0.15, 0.2) is 0 Å². The van der Waals surface area contributed by atoms with Crippen LogP contribution in [0.2, 0.25) is 0 Å². The Bertz CT molecular complexity index is 180. The van der Waals surface area contributed by atoms with Gasteiger partial charge < -0.3 is 9.84 Å². The molecular weight excluding hydrogens is 194 g/mol. The summed E-state index contributed by atoms with van der Waals surface area (Å²) in [7, 11) is 0. The van der Waals surface area contributed by atoms with Gasteiger partial charge in [0.1, 0.15) is 0 Å². The Morgan fingerprint density at radius 3 is 2.27 bits per heavy atom. The van der Waals surface area contributed by atoms with Crippen LogP contribution in [0.3, 0.4) is 0 Å². The van der Waals surface area contributed by atoms with Crippen molar-refractivity contribution in [3.63, 3.8) is 0 Å². The van der Waals surface area contributed by atoms with E-state index in [9.17, 15) is 9.90 Å². The fourth-order valence-electron chi connectivity index (χ4n) is 1.34. The van der Waals surface area contributed by atoms with Gasteiger partial charge in [-0.25, -0.2) is 0 Å². The first kappa shape index (κ1) is 14.4. The third-order valence-electron chi connectivity index (χ3n) is 2.63. The van der Waals surface area contributed by atoms with E-state index in [1.807, 2.05) is 27.7 Å². The quantitative estimate of drug-likeness (QED) is 0.626. The van der Waals surface area contributed by atoms with E-state index >= 15 is 0 Å². The first-order valence-electron chi connectivity index (χ1n) is 5.55. The summed E-state index contributed by atoms with van der Waals surface area (Å²) in [4.78, 5) is 11.3. The molecular formula is C11H23NO3. The second-order valence-electron chi connectivity index (χ2n) is 4.04. The number of aliphatic hydroxyl groups excluding tert-OH is 1. The van der Waals surface area contributed by atoms with Gasteiger partial charge in [0, 0.05) is 5.54 Å². The van der Waals surface area contributed by atoms with E-state index in [2.05, 4.69) is 5.32 Å². The van der Waals surface area contributed by atoms with Crippen LogP contribution in [-0.4, -0.2) is 35.9 Å². The van der Waals surface area contributed by atoms with Crippen LogP contribution in [0.4, 0.5) is 0 Å². The van der Waals surface area contributed by atoms with Crippen LogP contribution in [0.25, 0.3) is 0 Å². The lowest BCUT2D eigenvalue weighted by Crippen LogP contribution is -2.49. The number of carbonyl (C=O) groups is 1. The minimum absolute atomic E-state index is 0.0367. The van der Waals surface area contributed by atoms with Crippen molar-refractivity contribution in [2.24, 2.45) is 0 Å². The Labute approximate surface area is 92.0 Å². The zero-order valence-corrected chi connectivity index (χ0v) is 10.2. The molecule has 0 heterocycles. The number of carbonyl (C=O) groups excluding carboxylic acids is 1. The molecule has 0 aromatic carbocycles. The van der Waals surface area contributed by atoms with Crippen molar-refractivity contribution < 1.29 is 14.6 Å². The number of esters is 1. The third-order valence-corrected chi connectivity index (χ3v) is 2.63. The smallest absolute Gasteiger partial charge is 0.320 e.